The largest absolute Gasteiger partial charge is 0.378 e. The Morgan fingerprint density at radius 1 is 1.00 bits per heavy atom. The first-order valence-electron chi connectivity index (χ1n) is 7.89. The third-order valence-corrected chi connectivity index (χ3v) is 3.77. The van der Waals surface area contributed by atoms with Gasteiger partial charge in [-0.05, 0) is 49.2 Å². The van der Waals surface area contributed by atoms with Crippen LogP contribution in [-0.4, -0.2) is 36.9 Å². The molecule has 0 unspecified atom stereocenters. The first kappa shape index (κ1) is 16.0. The van der Waals surface area contributed by atoms with Crippen LogP contribution in [0.5, 0.6) is 0 Å². The lowest BCUT2D eigenvalue weighted by Crippen LogP contribution is -2.27. The molecule has 0 bridgehead atoms. The monoisotopic (exact) mass is 324 g/mol. The summed E-state index contributed by atoms with van der Waals surface area (Å²) in [6.07, 6.45) is 2.02. The molecule has 6 nitrogen and oxygen atoms in total. The van der Waals surface area contributed by atoms with Crippen molar-refractivity contribution in [2.24, 2.45) is 0 Å². The minimum Gasteiger partial charge on any atom is -0.378 e. The molecule has 1 aliphatic carbocycles. The van der Waals surface area contributed by atoms with Crippen LogP contribution < -0.4 is 15.5 Å². The molecular formula is C18H20N4O2. The van der Waals surface area contributed by atoms with Crippen LogP contribution in [0.3, 0.4) is 0 Å². The van der Waals surface area contributed by atoms with Gasteiger partial charge in [-0.3, -0.25) is 9.59 Å². The Morgan fingerprint density at radius 3 is 2.21 bits per heavy atom. The van der Waals surface area contributed by atoms with Crippen molar-refractivity contribution in [1.29, 1.82) is 0 Å². The van der Waals surface area contributed by atoms with Gasteiger partial charge < -0.3 is 15.5 Å². The molecule has 1 saturated carbocycles. The van der Waals surface area contributed by atoms with E-state index in [9.17, 15) is 9.59 Å². The Hall–Kier alpha value is -2.89. The number of pyridine rings is 1. The number of benzene rings is 1. The molecule has 2 N–H and O–H groups in total. The highest BCUT2D eigenvalue weighted by molar-refractivity contribution is 6.04. The molecule has 124 valence electrons. The minimum atomic E-state index is -0.339. The summed E-state index contributed by atoms with van der Waals surface area (Å²) in [5, 5.41) is 5.66. The molecule has 2 aromatic rings. The third-order valence-electron chi connectivity index (χ3n) is 3.77. The van der Waals surface area contributed by atoms with Crippen molar-refractivity contribution >= 4 is 23.2 Å². The first-order valence-corrected chi connectivity index (χ1v) is 7.89. The summed E-state index contributed by atoms with van der Waals surface area (Å²) in [5.41, 5.74) is 2.21. The van der Waals surface area contributed by atoms with Gasteiger partial charge in [0.2, 0.25) is 0 Å². The normalized spacial score (nSPS) is 13.2. The Kier molecular flexibility index (Phi) is 4.46. The number of anilines is 2. The van der Waals surface area contributed by atoms with Crippen LogP contribution in [0.4, 0.5) is 11.4 Å². The number of hydrogen-bond donors (Lipinski definition) is 2. The lowest BCUT2D eigenvalue weighted by Gasteiger charge is -2.13. The van der Waals surface area contributed by atoms with Crippen molar-refractivity contribution in [2.45, 2.75) is 18.9 Å². The van der Waals surface area contributed by atoms with E-state index in [1.807, 2.05) is 43.3 Å². The molecule has 0 radical (unpaired) electrons. The van der Waals surface area contributed by atoms with Crippen molar-refractivity contribution in [3.63, 3.8) is 0 Å². The van der Waals surface area contributed by atoms with Gasteiger partial charge in [0.15, 0.2) is 0 Å². The Labute approximate surface area is 140 Å². The molecule has 0 saturated heterocycles. The standard InChI is InChI=1S/C18H20N4O2/c1-22(2)14-10-8-13(9-11-14)20-18(24)16-5-3-4-15(21-16)17(23)19-12-6-7-12/h3-5,8-12H,6-7H2,1-2H3,(H,19,23)(H,20,24). The number of aromatic nitrogens is 1. The predicted octanol–water partition coefficient (Wildman–Crippen LogP) is 2.29. The smallest absolute Gasteiger partial charge is 0.274 e. The maximum atomic E-state index is 12.3. The molecule has 3 rings (SSSR count). The maximum absolute atomic E-state index is 12.3. The van der Waals surface area contributed by atoms with Crippen LogP contribution in [-0.2, 0) is 0 Å². The number of hydrogen-bond acceptors (Lipinski definition) is 4. The zero-order chi connectivity index (χ0) is 17.1. The van der Waals surface area contributed by atoms with Crippen molar-refractivity contribution < 1.29 is 9.59 Å². The topological polar surface area (TPSA) is 74.3 Å². The van der Waals surface area contributed by atoms with E-state index in [1.54, 1.807) is 18.2 Å². The average Bonchev–Trinajstić information content (AvgIpc) is 3.39. The van der Waals surface area contributed by atoms with Crippen LogP contribution in [0.1, 0.15) is 33.8 Å². The van der Waals surface area contributed by atoms with Crippen LogP contribution >= 0.6 is 0 Å². The fourth-order valence-electron chi connectivity index (χ4n) is 2.21. The molecule has 2 amide bonds. The molecule has 1 aromatic heterocycles. The van der Waals surface area contributed by atoms with E-state index in [0.29, 0.717) is 5.69 Å². The lowest BCUT2D eigenvalue weighted by atomic mass is 10.2. The molecule has 6 heteroatoms. The molecule has 0 aliphatic heterocycles. The van der Waals surface area contributed by atoms with Crippen molar-refractivity contribution in [1.82, 2.24) is 10.3 Å². The van der Waals surface area contributed by atoms with Gasteiger partial charge >= 0.3 is 0 Å². The van der Waals surface area contributed by atoms with E-state index >= 15 is 0 Å². The number of nitrogens with one attached hydrogen (secondary N) is 2. The second kappa shape index (κ2) is 6.70. The fourth-order valence-corrected chi connectivity index (χ4v) is 2.21. The highest BCUT2D eigenvalue weighted by Crippen LogP contribution is 2.19. The van der Waals surface area contributed by atoms with Crippen molar-refractivity contribution in [3.8, 4) is 0 Å². The quantitative estimate of drug-likeness (QED) is 0.885. The summed E-state index contributed by atoms with van der Waals surface area (Å²) in [4.78, 5) is 30.5. The average molecular weight is 324 g/mol. The summed E-state index contributed by atoms with van der Waals surface area (Å²) in [5.74, 6) is -0.573. The second-order valence-electron chi connectivity index (χ2n) is 6.05. The van der Waals surface area contributed by atoms with Crippen molar-refractivity contribution in [3.05, 3.63) is 53.9 Å². The zero-order valence-corrected chi connectivity index (χ0v) is 13.7. The summed E-state index contributed by atoms with van der Waals surface area (Å²) >= 11 is 0. The Bertz CT molecular complexity index is 752. The van der Waals surface area contributed by atoms with E-state index in [-0.39, 0.29) is 29.2 Å². The van der Waals surface area contributed by atoms with Gasteiger partial charge in [-0.15, -0.1) is 0 Å². The van der Waals surface area contributed by atoms with Crippen molar-refractivity contribution in [2.75, 3.05) is 24.3 Å². The molecule has 1 fully saturated rings. The Morgan fingerprint density at radius 2 is 1.62 bits per heavy atom. The van der Waals surface area contributed by atoms with Crippen LogP contribution in [0.15, 0.2) is 42.5 Å². The molecule has 1 heterocycles. The summed E-state index contributed by atoms with van der Waals surface area (Å²) in [7, 11) is 3.91. The third kappa shape index (κ3) is 3.90. The van der Waals surface area contributed by atoms with Crippen LogP contribution in [0, 0.1) is 0 Å². The zero-order valence-electron chi connectivity index (χ0n) is 13.7. The summed E-state index contributed by atoms with van der Waals surface area (Å²) < 4.78 is 0. The Balaban J connectivity index is 1.69. The highest BCUT2D eigenvalue weighted by atomic mass is 16.2. The molecule has 0 spiro atoms. The van der Waals surface area contributed by atoms with E-state index in [4.69, 9.17) is 0 Å². The van der Waals surface area contributed by atoms with Gasteiger partial charge in [-0.2, -0.15) is 0 Å². The lowest BCUT2D eigenvalue weighted by molar-refractivity contribution is 0.0946. The summed E-state index contributed by atoms with van der Waals surface area (Å²) in [6, 6.07) is 12.6. The minimum absolute atomic E-state index is 0.218. The highest BCUT2D eigenvalue weighted by Gasteiger charge is 2.24. The molecule has 0 atom stereocenters. The van der Waals surface area contributed by atoms with Gasteiger partial charge in [0, 0.05) is 31.5 Å². The number of rotatable bonds is 5. The molecule has 1 aromatic carbocycles. The van der Waals surface area contributed by atoms with E-state index in [0.717, 1.165) is 18.5 Å². The molecule has 1 aliphatic rings. The second-order valence-corrected chi connectivity index (χ2v) is 6.05. The van der Waals surface area contributed by atoms with Crippen LogP contribution in [0.25, 0.3) is 0 Å². The maximum Gasteiger partial charge on any atom is 0.274 e. The fraction of sp³-hybridized carbons (Fsp3) is 0.278. The van der Waals surface area contributed by atoms with Crippen LogP contribution in [0.2, 0.25) is 0 Å². The predicted molar refractivity (Wildman–Crippen MR) is 93.4 cm³/mol. The summed E-state index contributed by atoms with van der Waals surface area (Å²) in [6.45, 7) is 0. The van der Waals surface area contributed by atoms with Gasteiger partial charge in [-0.25, -0.2) is 4.98 Å². The van der Waals surface area contributed by atoms with Gasteiger partial charge in [-0.1, -0.05) is 6.07 Å². The number of carbonyl (C=O) groups is 2. The number of amides is 2. The molecular weight excluding hydrogens is 304 g/mol. The van der Waals surface area contributed by atoms with E-state index < -0.39 is 0 Å². The SMILES string of the molecule is CN(C)c1ccc(NC(=O)c2cccc(C(=O)NC3CC3)n2)cc1. The van der Waals surface area contributed by atoms with Gasteiger partial charge in [0.05, 0.1) is 0 Å². The van der Waals surface area contributed by atoms with Gasteiger partial charge in [0.1, 0.15) is 11.4 Å². The first-order chi connectivity index (χ1) is 11.5. The molecule has 24 heavy (non-hydrogen) atoms. The van der Waals surface area contributed by atoms with Gasteiger partial charge in [0.25, 0.3) is 11.8 Å². The number of nitrogens with zero attached hydrogens (tertiary/aromatic N) is 2. The van der Waals surface area contributed by atoms with E-state index in [2.05, 4.69) is 15.6 Å². The van der Waals surface area contributed by atoms with E-state index in [1.165, 1.54) is 0 Å². The number of carbonyl (C=O) groups excluding carboxylic acids is 2.